The van der Waals surface area contributed by atoms with Gasteiger partial charge < -0.3 is 15.3 Å². The van der Waals surface area contributed by atoms with E-state index in [1.807, 2.05) is 0 Å². The lowest BCUT2D eigenvalue weighted by Gasteiger charge is -2.29. The normalized spacial score (nSPS) is 15.9. The summed E-state index contributed by atoms with van der Waals surface area (Å²) >= 11 is 0. The Bertz CT molecular complexity index is 582. The molecule has 0 aliphatic carbocycles. The van der Waals surface area contributed by atoms with Crippen molar-refractivity contribution in [2.24, 2.45) is 5.41 Å². The monoisotopic (exact) mass is 346 g/mol. The Morgan fingerprint density at radius 1 is 1.16 bits per heavy atom. The fourth-order valence-corrected chi connectivity index (χ4v) is 2.95. The maximum atomic E-state index is 12.4. The van der Waals surface area contributed by atoms with E-state index >= 15 is 0 Å². The number of benzene rings is 1. The Labute approximate surface area is 150 Å². The number of carbonyl (C=O) groups is 2. The molecule has 0 atom stereocenters. The number of nitrogens with one attached hydrogen (secondary N) is 1. The summed E-state index contributed by atoms with van der Waals surface area (Å²) in [4.78, 5) is 26.2. The second-order valence-electron chi connectivity index (χ2n) is 8.06. The van der Waals surface area contributed by atoms with Gasteiger partial charge in [0, 0.05) is 30.8 Å². The van der Waals surface area contributed by atoms with Gasteiger partial charge >= 0.3 is 0 Å². The Hall–Kier alpha value is -1.88. The molecule has 1 fully saturated rings. The molecule has 0 aromatic heterocycles. The van der Waals surface area contributed by atoms with E-state index in [1.165, 1.54) is 0 Å². The van der Waals surface area contributed by atoms with Crippen LogP contribution in [0.4, 0.5) is 5.69 Å². The minimum absolute atomic E-state index is 0.00773. The summed E-state index contributed by atoms with van der Waals surface area (Å²) in [5, 5.41) is 12.4. The highest BCUT2D eigenvalue weighted by atomic mass is 16.3. The Kier molecular flexibility index (Phi) is 6.59. The molecule has 0 bridgehead atoms. The Morgan fingerprint density at radius 2 is 1.76 bits per heavy atom. The highest BCUT2D eigenvalue weighted by Crippen LogP contribution is 2.22. The van der Waals surface area contributed by atoms with Crippen molar-refractivity contribution in [2.75, 3.05) is 18.4 Å². The van der Waals surface area contributed by atoms with Crippen LogP contribution in [0.2, 0.25) is 0 Å². The van der Waals surface area contributed by atoms with E-state index in [0.717, 1.165) is 12.8 Å². The number of carbonyl (C=O) groups excluding carboxylic acids is 2. The molecule has 1 aliphatic heterocycles. The van der Waals surface area contributed by atoms with E-state index in [9.17, 15) is 14.7 Å². The van der Waals surface area contributed by atoms with Gasteiger partial charge in [-0.05, 0) is 55.4 Å². The lowest BCUT2D eigenvalue weighted by Crippen LogP contribution is -2.40. The number of likely N-dealkylation sites (tertiary alicyclic amines) is 1. The van der Waals surface area contributed by atoms with Crippen LogP contribution in [0.25, 0.3) is 0 Å². The summed E-state index contributed by atoms with van der Waals surface area (Å²) in [7, 11) is 0. The summed E-state index contributed by atoms with van der Waals surface area (Å²) in [6.45, 7) is 7.69. The lowest BCUT2D eigenvalue weighted by molar-refractivity contribution is -0.116. The minimum Gasteiger partial charge on any atom is -0.393 e. The van der Waals surface area contributed by atoms with Gasteiger partial charge in [0.2, 0.25) is 5.91 Å². The van der Waals surface area contributed by atoms with Gasteiger partial charge in [-0.1, -0.05) is 20.8 Å². The predicted octanol–water partition coefficient (Wildman–Crippen LogP) is 3.44. The van der Waals surface area contributed by atoms with Crippen molar-refractivity contribution in [1.82, 2.24) is 4.90 Å². The molecule has 0 spiro atoms. The van der Waals surface area contributed by atoms with Crippen molar-refractivity contribution in [3.05, 3.63) is 29.8 Å². The average molecular weight is 346 g/mol. The molecular weight excluding hydrogens is 316 g/mol. The molecule has 0 unspecified atom stereocenters. The quantitative estimate of drug-likeness (QED) is 0.858. The highest BCUT2D eigenvalue weighted by molar-refractivity contribution is 5.95. The average Bonchev–Trinajstić information content (AvgIpc) is 2.54. The van der Waals surface area contributed by atoms with E-state index in [-0.39, 0.29) is 23.3 Å². The van der Waals surface area contributed by atoms with E-state index in [0.29, 0.717) is 43.6 Å². The van der Waals surface area contributed by atoms with Crippen molar-refractivity contribution in [1.29, 1.82) is 0 Å². The van der Waals surface area contributed by atoms with Gasteiger partial charge in [0.15, 0.2) is 0 Å². The van der Waals surface area contributed by atoms with Crippen LogP contribution < -0.4 is 5.32 Å². The molecule has 1 aliphatic rings. The fourth-order valence-electron chi connectivity index (χ4n) is 2.95. The second kappa shape index (κ2) is 8.48. The molecule has 2 rings (SSSR count). The number of aliphatic hydroxyl groups is 1. The lowest BCUT2D eigenvalue weighted by atomic mass is 9.90. The summed E-state index contributed by atoms with van der Waals surface area (Å²) in [5.41, 5.74) is 1.57. The second-order valence-corrected chi connectivity index (χ2v) is 8.06. The molecule has 1 aromatic rings. The molecule has 25 heavy (non-hydrogen) atoms. The molecule has 138 valence electrons. The Balaban J connectivity index is 1.83. The fraction of sp³-hybridized carbons (Fsp3) is 0.600. The van der Waals surface area contributed by atoms with Gasteiger partial charge in [-0.15, -0.1) is 0 Å². The third-order valence-electron chi connectivity index (χ3n) is 4.50. The van der Waals surface area contributed by atoms with Crippen molar-refractivity contribution >= 4 is 17.5 Å². The van der Waals surface area contributed by atoms with E-state index < -0.39 is 0 Å². The van der Waals surface area contributed by atoms with Crippen LogP contribution in [0.1, 0.15) is 63.2 Å². The zero-order chi connectivity index (χ0) is 18.4. The first-order chi connectivity index (χ1) is 11.7. The summed E-state index contributed by atoms with van der Waals surface area (Å²) in [5.74, 6) is -0.0108. The molecular formula is C20H30N2O3. The van der Waals surface area contributed by atoms with Gasteiger partial charge in [0.05, 0.1) is 6.10 Å². The molecule has 2 N–H and O–H groups in total. The number of piperidine rings is 1. The predicted molar refractivity (Wildman–Crippen MR) is 99.5 cm³/mol. The smallest absolute Gasteiger partial charge is 0.253 e. The number of hydrogen-bond acceptors (Lipinski definition) is 3. The number of nitrogens with zero attached hydrogens (tertiary/aromatic N) is 1. The van der Waals surface area contributed by atoms with E-state index in [2.05, 4.69) is 26.1 Å². The standard InChI is InChI=1S/C20H30N2O3/c1-20(2,3)12-4-5-18(24)21-16-8-6-15(7-9-16)19(25)22-13-10-17(23)11-14-22/h6-9,17,23H,4-5,10-14H2,1-3H3,(H,21,24). The molecule has 0 saturated carbocycles. The van der Waals surface area contributed by atoms with Gasteiger partial charge in [-0.25, -0.2) is 0 Å². The van der Waals surface area contributed by atoms with Crippen LogP contribution in [0.15, 0.2) is 24.3 Å². The van der Waals surface area contributed by atoms with Crippen molar-refractivity contribution < 1.29 is 14.7 Å². The van der Waals surface area contributed by atoms with Crippen LogP contribution in [0, 0.1) is 5.41 Å². The zero-order valence-corrected chi connectivity index (χ0v) is 15.5. The van der Waals surface area contributed by atoms with Gasteiger partial charge in [-0.3, -0.25) is 9.59 Å². The highest BCUT2D eigenvalue weighted by Gasteiger charge is 2.22. The van der Waals surface area contributed by atoms with Gasteiger partial charge in [0.25, 0.3) is 5.91 Å². The first-order valence-electron chi connectivity index (χ1n) is 9.12. The van der Waals surface area contributed by atoms with E-state index in [4.69, 9.17) is 0 Å². The van der Waals surface area contributed by atoms with Crippen LogP contribution in [-0.2, 0) is 4.79 Å². The maximum Gasteiger partial charge on any atom is 0.253 e. The minimum atomic E-state index is -0.292. The third-order valence-corrected chi connectivity index (χ3v) is 4.50. The molecule has 0 radical (unpaired) electrons. The van der Waals surface area contributed by atoms with Crippen molar-refractivity contribution in [3.8, 4) is 0 Å². The van der Waals surface area contributed by atoms with Crippen molar-refractivity contribution in [2.45, 2.75) is 59.0 Å². The Morgan fingerprint density at radius 3 is 2.32 bits per heavy atom. The number of aliphatic hydroxyl groups excluding tert-OH is 1. The van der Waals surface area contributed by atoms with E-state index in [1.54, 1.807) is 29.2 Å². The number of amides is 2. The molecule has 5 nitrogen and oxygen atoms in total. The topological polar surface area (TPSA) is 69.6 Å². The van der Waals surface area contributed by atoms with Gasteiger partial charge in [0.1, 0.15) is 0 Å². The SMILES string of the molecule is CC(C)(C)CCCC(=O)Nc1ccc(C(=O)N2CCC(O)CC2)cc1. The van der Waals surface area contributed by atoms with Crippen LogP contribution >= 0.6 is 0 Å². The molecule has 1 heterocycles. The number of hydrogen-bond donors (Lipinski definition) is 2. The third kappa shape index (κ3) is 6.50. The summed E-state index contributed by atoms with van der Waals surface area (Å²) < 4.78 is 0. The zero-order valence-electron chi connectivity index (χ0n) is 15.5. The molecule has 1 saturated heterocycles. The molecule has 2 amide bonds. The van der Waals surface area contributed by atoms with Crippen molar-refractivity contribution in [3.63, 3.8) is 0 Å². The molecule has 1 aromatic carbocycles. The van der Waals surface area contributed by atoms with Crippen LogP contribution in [0.5, 0.6) is 0 Å². The van der Waals surface area contributed by atoms with Crippen LogP contribution in [-0.4, -0.2) is 41.0 Å². The first kappa shape index (κ1) is 19.4. The number of anilines is 1. The molecule has 5 heteroatoms. The summed E-state index contributed by atoms with van der Waals surface area (Å²) in [6, 6.07) is 7.04. The number of rotatable bonds is 5. The largest absolute Gasteiger partial charge is 0.393 e. The van der Waals surface area contributed by atoms with Gasteiger partial charge in [-0.2, -0.15) is 0 Å². The first-order valence-corrected chi connectivity index (χ1v) is 9.12. The maximum absolute atomic E-state index is 12.4. The summed E-state index contributed by atoms with van der Waals surface area (Å²) in [6.07, 6.45) is 3.36. The van der Waals surface area contributed by atoms with Crippen LogP contribution in [0.3, 0.4) is 0 Å².